The van der Waals surface area contributed by atoms with Crippen LogP contribution in [0.15, 0.2) is 11.0 Å². The van der Waals surface area contributed by atoms with E-state index in [0.29, 0.717) is 12.0 Å². The van der Waals surface area contributed by atoms with Crippen molar-refractivity contribution in [3.63, 3.8) is 0 Å². The maximum Gasteiger partial charge on any atom is 0.488 e. The molecule has 0 spiro atoms. The second-order valence-electron chi connectivity index (χ2n) is 3.30. The molecule has 76 valence electrons. The van der Waals surface area contributed by atoms with E-state index in [1.165, 1.54) is 0 Å². The summed E-state index contributed by atoms with van der Waals surface area (Å²) in [5.41, 5.74) is 8.69. The summed E-state index contributed by atoms with van der Waals surface area (Å²) in [4.78, 5) is 0.774. The van der Waals surface area contributed by atoms with Gasteiger partial charge in [0, 0.05) is 11.4 Å². The van der Waals surface area contributed by atoms with Crippen molar-refractivity contribution in [3.8, 4) is 0 Å². The van der Waals surface area contributed by atoms with Gasteiger partial charge in [-0.15, -0.1) is 12.6 Å². The molecule has 0 aliphatic rings. The van der Waals surface area contributed by atoms with Gasteiger partial charge < -0.3 is 15.8 Å². The van der Waals surface area contributed by atoms with Crippen LogP contribution < -0.4 is 11.2 Å². The van der Waals surface area contributed by atoms with Crippen LogP contribution >= 0.6 is 12.6 Å². The zero-order valence-corrected chi connectivity index (χ0v) is 9.18. The van der Waals surface area contributed by atoms with Crippen LogP contribution in [0, 0.1) is 13.8 Å². The molecule has 0 radical (unpaired) electrons. The van der Waals surface area contributed by atoms with E-state index in [1.54, 1.807) is 6.07 Å². The fourth-order valence-corrected chi connectivity index (χ4v) is 1.73. The van der Waals surface area contributed by atoms with Crippen molar-refractivity contribution in [1.29, 1.82) is 0 Å². The Hall–Kier alpha value is -0.485. The van der Waals surface area contributed by atoms with E-state index in [2.05, 4.69) is 12.6 Å². The number of hydrogen-bond acceptors (Lipinski definition) is 4. The van der Waals surface area contributed by atoms with E-state index in [-0.39, 0.29) is 0 Å². The minimum absolute atomic E-state index is 0.374. The van der Waals surface area contributed by atoms with Gasteiger partial charge in [-0.25, -0.2) is 0 Å². The third-order valence-electron chi connectivity index (χ3n) is 2.45. The molecule has 1 aromatic rings. The van der Waals surface area contributed by atoms with E-state index < -0.39 is 7.12 Å². The lowest BCUT2D eigenvalue weighted by Crippen LogP contribution is -2.33. The highest BCUT2D eigenvalue weighted by Gasteiger charge is 2.18. The molecule has 4 N–H and O–H groups in total. The zero-order chi connectivity index (χ0) is 10.9. The molecule has 5 heteroatoms. The summed E-state index contributed by atoms with van der Waals surface area (Å²) < 4.78 is 0. The minimum Gasteiger partial charge on any atom is -0.423 e. The number of hydrogen-bond donors (Lipinski definition) is 4. The van der Waals surface area contributed by atoms with Crippen LogP contribution in [0.1, 0.15) is 16.7 Å². The highest BCUT2D eigenvalue weighted by Crippen LogP contribution is 2.20. The van der Waals surface area contributed by atoms with Crippen molar-refractivity contribution in [3.05, 3.63) is 22.8 Å². The number of thiol groups is 1. The first-order valence-corrected chi connectivity index (χ1v) is 4.82. The lowest BCUT2D eigenvalue weighted by atomic mass is 9.75. The Bertz CT molecular complexity index is 355. The first-order chi connectivity index (χ1) is 6.49. The molecule has 0 unspecified atom stereocenters. The highest BCUT2D eigenvalue weighted by molar-refractivity contribution is 7.80. The topological polar surface area (TPSA) is 66.5 Å². The highest BCUT2D eigenvalue weighted by atomic mass is 32.1. The molecule has 0 aromatic heterocycles. The Morgan fingerprint density at radius 3 is 2.36 bits per heavy atom. The summed E-state index contributed by atoms with van der Waals surface area (Å²) in [7, 11) is -1.47. The molecular weight excluding hydrogens is 197 g/mol. The summed E-state index contributed by atoms with van der Waals surface area (Å²) in [5.74, 6) is 0. The van der Waals surface area contributed by atoms with Crippen LogP contribution in [0.2, 0.25) is 0 Å². The molecule has 0 bridgehead atoms. The predicted octanol–water partition coefficient (Wildman–Crippen LogP) is -0.269. The van der Waals surface area contributed by atoms with Gasteiger partial charge in [-0.2, -0.15) is 0 Å². The normalized spacial score (nSPS) is 10.4. The first-order valence-electron chi connectivity index (χ1n) is 4.37. The predicted molar refractivity (Wildman–Crippen MR) is 60.9 cm³/mol. The Morgan fingerprint density at radius 2 is 1.93 bits per heavy atom. The number of benzene rings is 1. The van der Waals surface area contributed by atoms with Crippen LogP contribution in [0.4, 0.5) is 0 Å². The largest absolute Gasteiger partial charge is 0.488 e. The molecule has 0 aliphatic heterocycles. The third-order valence-corrected chi connectivity index (χ3v) is 3.12. The number of nitrogens with two attached hydrogens (primary N) is 1. The maximum absolute atomic E-state index is 9.12. The first kappa shape index (κ1) is 11.6. The van der Waals surface area contributed by atoms with Crippen molar-refractivity contribution in [1.82, 2.24) is 0 Å². The second kappa shape index (κ2) is 4.36. The summed E-state index contributed by atoms with van der Waals surface area (Å²) in [6.45, 7) is 4.11. The Kier molecular flexibility index (Phi) is 3.61. The molecule has 1 aromatic carbocycles. The molecule has 0 aliphatic carbocycles. The van der Waals surface area contributed by atoms with Crippen LogP contribution in [0.3, 0.4) is 0 Å². The smallest absolute Gasteiger partial charge is 0.423 e. The van der Waals surface area contributed by atoms with Gasteiger partial charge in [0.15, 0.2) is 0 Å². The summed E-state index contributed by atoms with van der Waals surface area (Å²) in [6, 6.07) is 1.72. The van der Waals surface area contributed by atoms with Gasteiger partial charge in [0.05, 0.1) is 0 Å². The van der Waals surface area contributed by atoms with E-state index in [1.807, 2.05) is 13.8 Å². The molecule has 0 saturated heterocycles. The van der Waals surface area contributed by atoms with Crippen LogP contribution in [0.5, 0.6) is 0 Å². The van der Waals surface area contributed by atoms with Gasteiger partial charge in [0.1, 0.15) is 0 Å². The van der Waals surface area contributed by atoms with Crippen LogP contribution in [0.25, 0.3) is 0 Å². The van der Waals surface area contributed by atoms with Crippen LogP contribution in [-0.4, -0.2) is 17.2 Å². The van der Waals surface area contributed by atoms with E-state index in [9.17, 15) is 0 Å². The second-order valence-corrected chi connectivity index (χ2v) is 3.75. The van der Waals surface area contributed by atoms with Crippen molar-refractivity contribution < 1.29 is 10.0 Å². The Labute approximate surface area is 89.5 Å². The van der Waals surface area contributed by atoms with Gasteiger partial charge >= 0.3 is 7.12 Å². The Morgan fingerprint density at radius 1 is 1.36 bits per heavy atom. The third kappa shape index (κ3) is 1.96. The van der Waals surface area contributed by atoms with Gasteiger partial charge in [-0.1, -0.05) is 6.07 Å². The molecule has 0 saturated carbocycles. The van der Waals surface area contributed by atoms with Crippen LogP contribution in [-0.2, 0) is 6.54 Å². The molecular formula is C9H14BNO2S. The van der Waals surface area contributed by atoms with Gasteiger partial charge in [0.25, 0.3) is 0 Å². The average molecular weight is 211 g/mol. The van der Waals surface area contributed by atoms with E-state index >= 15 is 0 Å². The summed E-state index contributed by atoms with van der Waals surface area (Å²) >= 11 is 4.32. The van der Waals surface area contributed by atoms with Crippen molar-refractivity contribution in [2.45, 2.75) is 25.3 Å². The summed E-state index contributed by atoms with van der Waals surface area (Å²) in [5, 5.41) is 18.2. The van der Waals surface area contributed by atoms with E-state index in [0.717, 1.165) is 21.6 Å². The molecule has 0 amide bonds. The fraction of sp³-hybridized carbons (Fsp3) is 0.333. The van der Waals surface area contributed by atoms with Crippen molar-refractivity contribution in [2.24, 2.45) is 5.73 Å². The summed E-state index contributed by atoms with van der Waals surface area (Å²) in [6.07, 6.45) is 0. The zero-order valence-electron chi connectivity index (χ0n) is 8.28. The SMILES string of the molecule is Cc1c(CN)cc(B(O)O)c(C)c1S. The van der Waals surface area contributed by atoms with Crippen molar-refractivity contribution >= 4 is 25.2 Å². The Balaban J connectivity index is 3.40. The van der Waals surface area contributed by atoms with Crippen molar-refractivity contribution in [2.75, 3.05) is 0 Å². The molecule has 3 nitrogen and oxygen atoms in total. The molecule has 0 heterocycles. The monoisotopic (exact) mass is 211 g/mol. The van der Waals surface area contributed by atoms with E-state index in [4.69, 9.17) is 15.8 Å². The average Bonchev–Trinajstić information content (AvgIpc) is 2.14. The molecule has 1 rings (SSSR count). The van der Waals surface area contributed by atoms with Gasteiger partial charge in [-0.05, 0) is 36.0 Å². The molecule has 0 atom stereocenters. The van der Waals surface area contributed by atoms with Gasteiger partial charge in [-0.3, -0.25) is 0 Å². The lowest BCUT2D eigenvalue weighted by molar-refractivity contribution is 0.425. The minimum atomic E-state index is -1.47. The fourth-order valence-electron chi connectivity index (χ4n) is 1.45. The standard InChI is InChI=1S/C9H14BNO2S/c1-5-7(4-11)3-8(10(12)13)6(2)9(5)14/h3,12-14H,4,11H2,1-2H3. The number of rotatable bonds is 2. The quantitative estimate of drug-likeness (QED) is 0.402. The lowest BCUT2D eigenvalue weighted by Gasteiger charge is -2.14. The molecule has 0 fully saturated rings. The maximum atomic E-state index is 9.12. The molecule has 14 heavy (non-hydrogen) atoms. The van der Waals surface area contributed by atoms with Gasteiger partial charge in [0.2, 0.25) is 0 Å².